The molecule has 154 valence electrons. The first kappa shape index (κ1) is 20.2. The summed E-state index contributed by atoms with van der Waals surface area (Å²) in [6.07, 6.45) is 3.35. The largest absolute Gasteiger partial charge is 0.464 e. The summed E-state index contributed by atoms with van der Waals surface area (Å²) in [6.45, 7) is -0.132. The summed E-state index contributed by atoms with van der Waals surface area (Å²) >= 11 is 1.39. The molecule has 1 saturated heterocycles. The van der Waals surface area contributed by atoms with Crippen LogP contribution in [0.1, 0.15) is 11.5 Å². The molecule has 0 spiro atoms. The van der Waals surface area contributed by atoms with E-state index in [1.54, 1.807) is 18.5 Å². The zero-order chi connectivity index (χ0) is 21.1. The van der Waals surface area contributed by atoms with Crippen molar-refractivity contribution < 1.29 is 18.7 Å². The van der Waals surface area contributed by atoms with Crippen LogP contribution in [0.25, 0.3) is 11.0 Å². The van der Waals surface area contributed by atoms with E-state index < -0.39 is 24.2 Å². The Balaban J connectivity index is 1.41. The number of aliphatic hydroxyl groups excluding tert-OH is 1. The minimum absolute atomic E-state index is 0.128. The number of amides is 1. The van der Waals surface area contributed by atoms with Gasteiger partial charge in [-0.2, -0.15) is 0 Å². The van der Waals surface area contributed by atoms with Crippen LogP contribution in [0.5, 0.6) is 0 Å². The van der Waals surface area contributed by atoms with Crippen molar-refractivity contribution in [1.82, 2.24) is 9.62 Å². The molecule has 30 heavy (non-hydrogen) atoms. The lowest BCUT2D eigenvalue weighted by Crippen LogP contribution is -2.35. The van der Waals surface area contributed by atoms with E-state index in [2.05, 4.69) is 4.72 Å². The van der Waals surface area contributed by atoms with Crippen molar-refractivity contribution in [3.8, 4) is 0 Å². The summed E-state index contributed by atoms with van der Waals surface area (Å²) in [7, 11) is 0. The van der Waals surface area contributed by atoms with Crippen molar-refractivity contribution in [3.05, 3.63) is 77.9 Å². The second-order valence-electron chi connectivity index (χ2n) is 6.94. The molecular formula is C22H20FN3O3S. The van der Waals surface area contributed by atoms with Gasteiger partial charge in [-0.05, 0) is 42.3 Å². The molecule has 4 rings (SSSR count). The lowest BCUT2D eigenvalue weighted by Gasteiger charge is -2.21. The summed E-state index contributed by atoms with van der Waals surface area (Å²) in [5.74, 6) is -1.90. The topological polar surface area (TPSA) is 89.6 Å². The lowest BCUT2D eigenvalue weighted by molar-refractivity contribution is -0.132. The van der Waals surface area contributed by atoms with Crippen LogP contribution in [0.4, 0.5) is 4.39 Å². The molecule has 1 amide bonds. The average Bonchev–Trinajstić information content (AvgIpc) is 3.36. The number of benzene rings is 2. The van der Waals surface area contributed by atoms with Gasteiger partial charge in [0, 0.05) is 34.2 Å². The number of nitrogens with zero attached hydrogens (tertiary/aromatic N) is 1. The molecule has 0 bridgehead atoms. The van der Waals surface area contributed by atoms with Crippen molar-refractivity contribution in [3.63, 3.8) is 0 Å². The van der Waals surface area contributed by atoms with Crippen LogP contribution in [0.15, 0.2) is 75.9 Å². The number of aliphatic hydroxyl groups is 1. The van der Waals surface area contributed by atoms with E-state index in [1.165, 1.54) is 35.0 Å². The summed E-state index contributed by atoms with van der Waals surface area (Å²) in [5.41, 5.74) is 1.97. The SMILES string of the molecule is N=C1CN(C(=O)C(CO)c2ccccc2F)C/C1=C/NSc1ccc2occc2c1. The molecule has 3 N–H and O–H groups in total. The molecule has 6 nitrogen and oxygen atoms in total. The molecule has 1 fully saturated rings. The molecule has 1 aromatic heterocycles. The predicted octanol–water partition coefficient (Wildman–Crippen LogP) is 3.69. The molecule has 2 aromatic carbocycles. The van der Waals surface area contributed by atoms with Crippen LogP contribution in [-0.2, 0) is 4.79 Å². The van der Waals surface area contributed by atoms with Gasteiger partial charge in [-0.25, -0.2) is 4.39 Å². The number of carbonyl (C=O) groups is 1. The maximum atomic E-state index is 14.1. The summed E-state index contributed by atoms with van der Waals surface area (Å²) in [5, 5.41) is 18.9. The minimum atomic E-state index is -0.984. The predicted molar refractivity (Wildman–Crippen MR) is 114 cm³/mol. The van der Waals surface area contributed by atoms with E-state index >= 15 is 0 Å². The van der Waals surface area contributed by atoms with Gasteiger partial charge in [-0.3, -0.25) is 4.79 Å². The number of hydrogen-bond donors (Lipinski definition) is 3. The Morgan fingerprint density at radius 1 is 1.30 bits per heavy atom. The number of nitrogens with one attached hydrogen (secondary N) is 2. The fourth-order valence-corrected chi connectivity index (χ4v) is 4.06. The highest BCUT2D eigenvalue weighted by molar-refractivity contribution is 7.97. The Bertz CT molecular complexity index is 1130. The van der Waals surface area contributed by atoms with Gasteiger partial charge >= 0.3 is 0 Å². The summed E-state index contributed by atoms with van der Waals surface area (Å²) in [6, 6.07) is 13.6. The highest BCUT2D eigenvalue weighted by Gasteiger charge is 2.32. The van der Waals surface area contributed by atoms with E-state index in [4.69, 9.17) is 9.83 Å². The quantitative estimate of drug-likeness (QED) is 0.524. The summed E-state index contributed by atoms with van der Waals surface area (Å²) in [4.78, 5) is 15.3. The van der Waals surface area contributed by atoms with Gasteiger partial charge in [0.25, 0.3) is 0 Å². The molecule has 0 saturated carbocycles. The van der Waals surface area contributed by atoms with Crippen molar-refractivity contribution in [2.24, 2.45) is 0 Å². The average molecular weight is 425 g/mol. The van der Waals surface area contributed by atoms with E-state index in [0.29, 0.717) is 11.3 Å². The van der Waals surface area contributed by atoms with Crippen molar-refractivity contribution in [2.45, 2.75) is 10.8 Å². The Labute approximate surface area is 177 Å². The first-order chi connectivity index (χ1) is 14.6. The molecule has 0 radical (unpaired) electrons. The zero-order valence-electron chi connectivity index (χ0n) is 16.0. The molecule has 1 unspecified atom stereocenters. The van der Waals surface area contributed by atoms with Gasteiger partial charge < -0.3 is 24.6 Å². The van der Waals surface area contributed by atoms with Crippen LogP contribution in [-0.4, -0.2) is 41.3 Å². The van der Waals surface area contributed by atoms with Crippen LogP contribution >= 0.6 is 11.9 Å². The molecule has 2 heterocycles. The molecule has 1 aliphatic rings. The van der Waals surface area contributed by atoms with Gasteiger partial charge in [0.1, 0.15) is 11.4 Å². The highest BCUT2D eigenvalue weighted by Crippen LogP contribution is 2.25. The first-order valence-corrected chi connectivity index (χ1v) is 10.2. The van der Waals surface area contributed by atoms with Crippen molar-refractivity contribution >= 4 is 34.5 Å². The maximum Gasteiger partial charge on any atom is 0.233 e. The Kier molecular flexibility index (Phi) is 5.87. The van der Waals surface area contributed by atoms with Gasteiger partial charge in [-0.1, -0.05) is 18.2 Å². The lowest BCUT2D eigenvalue weighted by atomic mass is 9.98. The molecule has 8 heteroatoms. The second kappa shape index (κ2) is 8.73. The minimum Gasteiger partial charge on any atom is -0.464 e. The Hall–Kier alpha value is -3.10. The second-order valence-corrected chi connectivity index (χ2v) is 7.85. The van der Waals surface area contributed by atoms with Gasteiger partial charge in [0.05, 0.1) is 31.0 Å². The molecule has 0 aliphatic carbocycles. The van der Waals surface area contributed by atoms with Crippen LogP contribution in [0, 0.1) is 11.2 Å². The smallest absolute Gasteiger partial charge is 0.233 e. The fraction of sp³-hybridized carbons (Fsp3) is 0.182. The third-order valence-corrected chi connectivity index (χ3v) is 5.73. The summed E-state index contributed by atoms with van der Waals surface area (Å²) < 4.78 is 22.5. The Morgan fingerprint density at radius 3 is 2.93 bits per heavy atom. The molecule has 1 aliphatic heterocycles. The van der Waals surface area contributed by atoms with Gasteiger partial charge in [-0.15, -0.1) is 0 Å². The zero-order valence-corrected chi connectivity index (χ0v) is 16.8. The van der Waals surface area contributed by atoms with E-state index in [0.717, 1.165) is 15.9 Å². The third-order valence-electron chi connectivity index (χ3n) is 5.00. The Morgan fingerprint density at radius 2 is 2.13 bits per heavy atom. The number of carbonyl (C=O) groups excluding carboxylic acids is 1. The molecular weight excluding hydrogens is 405 g/mol. The van der Waals surface area contributed by atoms with Crippen molar-refractivity contribution in [1.29, 1.82) is 5.41 Å². The van der Waals surface area contributed by atoms with Gasteiger partial charge in [0.15, 0.2) is 0 Å². The number of halogens is 1. The van der Waals surface area contributed by atoms with Crippen LogP contribution in [0.3, 0.4) is 0 Å². The standard InChI is InChI=1S/C22H20FN3O3S/c23-19-4-2-1-3-17(19)18(13-27)22(28)26-11-15(20(24)12-26)10-25-30-16-5-6-21-14(9-16)7-8-29-21/h1-10,18,24-25,27H,11-13H2/b15-10-,24-20?. The molecule has 3 aromatic rings. The van der Waals surface area contributed by atoms with Crippen LogP contribution < -0.4 is 4.72 Å². The highest BCUT2D eigenvalue weighted by atomic mass is 32.2. The van der Waals surface area contributed by atoms with E-state index in [1.807, 2.05) is 24.3 Å². The van der Waals surface area contributed by atoms with Crippen LogP contribution in [0.2, 0.25) is 0 Å². The molecule has 1 atom stereocenters. The fourth-order valence-electron chi connectivity index (χ4n) is 3.40. The third kappa shape index (κ3) is 4.10. The van der Waals surface area contributed by atoms with E-state index in [-0.39, 0.29) is 18.7 Å². The number of hydrogen-bond acceptors (Lipinski definition) is 6. The van der Waals surface area contributed by atoms with Gasteiger partial charge in [0.2, 0.25) is 5.91 Å². The van der Waals surface area contributed by atoms with Crippen molar-refractivity contribution in [2.75, 3.05) is 19.7 Å². The number of furan rings is 1. The number of fused-ring (bicyclic) bond motifs is 1. The number of likely N-dealkylation sites (tertiary alicyclic amines) is 1. The van der Waals surface area contributed by atoms with E-state index in [9.17, 15) is 14.3 Å². The normalized spacial score (nSPS) is 16.4. The first-order valence-electron chi connectivity index (χ1n) is 9.37. The monoisotopic (exact) mass is 425 g/mol. The maximum absolute atomic E-state index is 14.1. The number of rotatable bonds is 6.